The normalized spacial score (nSPS) is 17.3. The summed E-state index contributed by atoms with van der Waals surface area (Å²) < 4.78 is 5.36. The Morgan fingerprint density at radius 1 is 1.25 bits per heavy atom. The first-order valence-electron chi connectivity index (χ1n) is 9.89. The number of aliphatic imine (C=N–C) groups is 1. The van der Waals surface area contributed by atoms with Gasteiger partial charge in [0.15, 0.2) is 5.96 Å². The SMILES string of the molecule is CCNC(=NCc1cccc(O)c1)NC1CCCN(c2cccc(OC)c2)C1. The van der Waals surface area contributed by atoms with E-state index in [-0.39, 0.29) is 5.75 Å². The van der Waals surface area contributed by atoms with Crippen LogP contribution in [0.1, 0.15) is 25.3 Å². The maximum atomic E-state index is 9.62. The van der Waals surface area contributed by atoms with Gasteiger partial charge in [0.2, 0.25) is 0 Å². The molecule has 1 aliphatic heterocycles. The van der Waals surface area contributed by atoms with E-state index in [0.717, 1.165) is 49.7 Å². The van der Waals surface area contributed by atoms with Crippen molar-refractivity contribution in [2.24, 2.45) is 4.99 Å². The maximum absolute atomic E-state index is 9.62. The molecule has 0 aliphatic carbocycles. The molecule has 0 radical (unpaired) electrons. The van der Waals surface area contributed by atoms with E-state index < -0.39 is 0 Å². The number of aromatic hydroxyl groups is 1. The largest absolute Gasteiger partial charge is 0.508 e. The molecular weight excluding hydrogens is 352 g/mol. The van der Waals surface area contributed by atoms with Crippen LogP contribution in [-0.2, 0) is 6.54 Å². The lowest BCUT2D eigenvalue weighted by Gasteiger charge is -2.35. The van der Waals surface area contributed by atoms with E-state index >= 15 is 0 Å². The van der Waals surface area contributed by atoms with Crippen molar-refractivity contribution in [2.45, 2.75) is 32.4 Å². The van der Waals surface area contributed by atoms with E-state index in [1.165, 1.54) is 5.69 Å². The number of guanidine groups is 1. The second kappa shape index (κ2) is 9.88. The van der Waals surface area contributed by atoms with E-state index in [1.54, 1.807) is 19.2 Å². The number of ether oxygens (including phenoxy) is 1. The fourth-order valence-corrected chi connectivity index (χ4v) is 3.48. The Morgan fingerprint density at radius 2 is 2.11 bits per heavy atom. The van der Waals surface area contributed by atoms with Crippen molar-refractivity contribution in [2.75, 3.05) is 31.6 Å². The molecule has 1 heterocycles. The molecule has 28 heavy (non-hydrogen) atoms. The number of hydrogen-bond donors (Lipinski definition) is 3. The van der Waals surface area contributed by atoms with Crippen LogP contribution >= 0.6 is 0 Å². The number of nitrogens with zero attached hydrogens (tertiary/aromatic N) is 2. The summed E-state index contributed by atoms with van der Waals surface area (Å²) in [5.41, 5.74) is 2.17. The average Bonchev–Trinajstić information content (AvgIpc) is 2.72. The van der Waals surface area contributed by atoms with Crippen molar-refractivity contribution in [1.82, 2.24) is 10.6 Å². The van der Waals surface area contributed by atoms with Gasteiger partial charge in [-0.1, -0.05) is 18.2 Å². The number of piperidine rings is 1. The van der Waals surface area contributed by atoms with Crippen LogP contribution in [-0.4, -0.2) is 43.9 Å². The molecule has 1 atom stereocenters. The molecule has 1 unspecified atom stereocenters. The molecule has 1 fully saturated rings. The van der Waals surface area contributed by atoms with Crippen molar-refractivity contribution in [3.63, 3.8) is 0 Å². The summed E-state index contributed by atoms with van der Waals surface area (Å²) >= 11 is 0. The topological polar surface area (TPSA) is 69.1 Å². The molecule has 3 rings (SSSR count). The third-order valence-electron chi connectivity index (χ3n) is 4.86. The molecular formula is C22H30N4O2. The Morgan fingerprint density at radius 3 is 2.89 bits per heavy atom. The molecule has 0 aromatic heterocycles. The van der Waals surface area contributed by atoms with Crippen molar-refractivity contribution < 1.29 is 9.84 Å². The Kier molecular flexibility index (Phi) is 7.00. The summed E-state index contributed by atoms with van der Waals surface area (Å²) in [7, 11) is 1.70. The number of rotatable bonds is 6. The number of benzene rings is 2. The minimum atomic E-state index is 0.270. The van der Waals surface area contributed by atoms with Crippen LogP contribution in [0.3, 0.4) is 0 Å². The highest BCUT2D eigenvalue weighted by Crippen LogP contribution is 2.24. The number of nitrogens with one attached hydrogen (secondary N) is 2. The van der Waals surface area contributed by atoms with E-state index in [9.17, 15) is 5.11 Å². The van der Waals surface area contributed by atoms with Gasteiger partial charge in [-0.2, -0.15) is 0 Å². The molecule has 150 valence electrons. The van der Waals surface area contributed by atoms with Crippen LogP contribution in [0.25, 0.3) is 0 Å². The lowest BCUT2D eigenvalue weighted by atomic mass is 10.0. The molecule has 0 saturated carbocycles. The minimum Gasteiger partial charge on any atom is -0.508 e. The van der Waals surface area contributed by atoms with Crippen molar-refractivity contribution >= 4 is 11.6 Å². The van der Waals surface area contributed by atoms with Crippen molar-refractivity contribution in [3.05, 3.63) is 54.1 Å². The predicted molar refractivity (Wildman–Crippen MR) is 114 cm³/mol. The summed E-state index contributed by atoms with van der Waals surface area (Å²) in [5.74, 6) is 1.96. The van der Waals surface area contributed by atoms with Gasteiger partial charge in [0.05, 0.1) is 13.7 Å². The van der Waals surface area contributed by atoms with E-state index in [4.69, 9.17) is 4.74 Å². The van der Waals surface area contributed by atoms with Gasteiger partial charge in [0.1, 0.15) is 11.5 Å². The lowest BCUT2D eigenvalue weighted by Crippen LogP contribution is -2.51. The Labute approximate surface area is 167 Å². The third-order valence-corrected chi connectivity index (χ3v) is 4.86. The van der Waals surface area contributed by atoms with Crippen LogP contribution in [0.5, 0.6) is 11.5 Å². The van der Waals surface area contributed by atoms with E-state index in [1.807, 2.05) is 24.3 Å². The zero-order valence-corrected chi connectivity index (χ0v) is 16.7. The zero-order valence-electron chi connectivity index (χ0n) is 16.7. The highest BCUT2D eigenvalue weighted by atomic mass is 16.5. The summed E-state index contributed by atoms with van der Waals surface area (Å²) in [4.78, 5) is 7.08. The lowest BCUT2D eigenvalue weighted by molar-refractivity contribution is 0.414. The van der Waals surface area contributed by atoms with Crippen LogP contribution in [0.4, 0.5) is 5.69 Å². The molecule has 1 aliphatic rings. The minimum absolute atomic E-state index is 0.270. The number of methoxy groups -OCH3 is 1. The second-order valence-corrected chi connectivity index (χ2v) is 7.00. The zero-order chi connectivity index (χ0) is 19.8. The Bertz CT molecular complexity index is 794. The summed E-state index contributed by atoms with van der Waals surface area (Å²) in [6.07, 6.45) is 2.23. The van der Waals surface area contributed by atoms with Gasteiger partial charge < -0.3 is 25.4 Å². The molecule has 6 heteroatoms. The van der Waals surface area contributed by atoms with Gasteiger partial charge in [-0.05, 0) is 49.6 Å². The average molecular weight is 383 g/mol. The third kappa shape index (κ3) is 5.55. The van der Waals surface area contributed by atoms with Crippen LogP contribution < -0.4 is 20.3 Å². The molecule has 0 amide bonds. The Balaban J connectivity index is 1.64. The second-order valence-electron chi connectivity index (χ2n) is 7.00. The van der Waals surface area contributed by atoms with Gasteiger partial charge in [0, 0.05) is 37.4 Å². The van der Waals surface area contributed by atoms with Crippen molar-refractivity contribution in [3.8, 4) is 11.5 Å². The molecule has 0 bridgehead atoms. The highest BCUT2D eigenvalue weighted by molar-refractivity contribution is 5.80. The maximum Gasteiger partial charge on any atom is 0.191 e. The molecule has 2 aromatic rings. The molecule has 1 saturated heterocycles. The van der Waals surface area contributed by atoms with Gasteiger partial charge in [-0.15, -0.1) is 0 Å². The standard InChI is InChI=1S/C22H30N4O2/c1-3-23-22(24-15-17-7-4-10-20(27)13-17)25-18-8-6-12-26(16-18)19-9-5-11-21(14-19)28-2/h4-5,7,9-11,13-14,18,27H,3,6,8,12,15-16H2,1-2H3,(H2,23,24,25). The van der Waals surface area contributed by atoms with Gasteiger partial charge >= 0.3 is 0 Å². The molecule has 3 N–H and O–H groups in total. The van der Waals surface area contributed by atoms with Gasteiger partial charge in [-0.3, -0.25) is 0 Å². The Hall–Kier alpha value is -2.89. The number of hydrogen-bond acceptors (Lipinski definition) is 4. The number of phenols is 1. The molecule has 6 nitrogen and oxygen atoms in total. The van der Waals surface area contributed by atoms with Gasteiger partial charge in [-0.25, -0.2) is 4.99 Å². The smallest absolute Gasteiger partial charge is 0.191 e. The highest BCUT2D eigenvalue weighted by Gasteiger charge is 2.21. The monoisotopic (exact) mass is 382 g/mol. The van der Waals surface area contributed by atoms with Gasteiger partial charge in [0.25, 0.3) is 0 Å². The van der Waals surface area contributed by atoms with E-state index in [0.29, 0.717) is 12.6 Å². The number of anilines is 1. The van der Waals surface area contributed by atoms with E-state index in [2.05, 4.69) is 39.6 Å². The first-order valence-corrected chi connectivity index (χ1v) is 9.89. The molecule has 2 aromatic carbocycles. The summed E-state index contributed by atoms with van der Waals surface area (Å²) in [6.45, 7) is 5.36. The van der Waals surface area contributed by atoms with Crippen molar-refractivity contribution in [1.29, 1.82) is 0 Å². The molecule has 0 spiro atoms. The number of phenolic OH excluding ortho intramolecular Hbond substituents is 1. The van der Waals surface area contributed by atoms with Crippen LogP contribution in [0, 0.1) is 0 Å². The summed E-state index contributed by atoms with van der Waals surface area (Å²) in [5, 5.41) is 16.5. The fraction of sp³-hybridized carbons (Fsp3) is 0.409. The summed E-state index contributed by atoms with van der Waals surface area (Å²) in [6, 6.07) is 15.8. The first-order chi connectivity index (χ1) is 13.7. The fourth-order valence-electron chi connectivity index (χ4n) is 3.48. The quantitative estimate of drug-likeness (QED) is 0.529. The first kappa shape index (κ1) is 19.9. The van der Waals surface area contributed by atoms with Crippen LogP contribution in [0.15, 0.2) is 53.5 Å². The van der Waals surface area contributed by atoms with Crippen LogP contribution in [0.2, 0.25) is 0 Å². The predicted octanol–water partition coefficient (Wildman–Crippen LogP) is 3.12.